The van der Waals surface area contributed by atoms with Crippen molar-refractivity contribution in [2.75, 3.05) is 0 Å². The lowest BCUT2D eigenvalue weighted by atomic mass is 9.98. The number of nitrogens with one attached hydrogen (secondary N) is 1. The van der Waals surface area contributed by atoms with E-state index in [1.54, 1.807) is 0 Å². The second-order valence-electron chi connectivity index (χ2n) is 6.93. The average molecular weight is 342 g/mol. The highest BCUT2D eigenvalue weighted by Crippen LogP contribution is 2.24. The first-order valence-electron chi connectivity index (χ1n) is 9.10. The van der Waals surface area contributed by atoms with Gasteiger partial charge in [-0.1, -0.05) is 32.4 Å². The van der Waals surface area contributed by atoms with Crippen molar-refractivity contribution in [3.63, 3.8) is 0 Å². The molecule has 1 N–H and O–H groups in total. The molecule has 0 atom stereocenters. The van der Waals surface area contributed by atoms with Crippen LogP contribution in [0.1, 0.15) is 73.7 Å². The molecular weight excluding hydrogens is 316 g/mol. The number of aromatic nitrogens is 1. The van der Waals surface area contributed by atoms with Gasteiger partial charge in [-0.05, 0) is 43.4 Å². The highest BCUT2D eigenvalue weighted by atomic mass is 16.5. The first-order chi connectivity index (χ1) is 12.1. The van der Waals surface area contributed by atoms with Crippen LogP contribution in [0.15, 0.2) is 35.1 Å². The molecule has 3 rings (SSSR count). The summed E-state index contributed by atoms with van der Waals surface area (Å²) in [5, 5.41) is 2.91. The molecule has 1 aromatic carbocycles. The maximum Gasteiger partial charge on any atom is 0.273 e. The quantitative estimate of drug-likeness (QED) is 0.843. The van der Waals surface area contributed by atoms with Crippen LogP contribution in [0.5, 0.6) is 5.75 Å². The molecule has 0 bridgehead atoms. The lowest BCUT2D eigenvalue weighted by Gasteiger charge is -2.23. The minimum atomic E-state index is -0.212. The van der Waals surface area contributed by atoms with E-state index in [1.165, 1.54) is 25.7 Å². The molecule has 1 aromatic heterocycles. The third kappa shape index (κ3) is 4.62. The summed E-state index contributed by atoms with van der Waals surface area (Å²) in [6.07, 6.45) is 7.71. The Balaban J connectivity index is 1.58. The predicted molar refractivity (Wildman–Crippen MR) is 95.7 cm³/mol. The lowest BCUT2D eigenvalue weighted by Crippen LogP contribution is -2.24. The molecule has 0 aliphatic heterocycles. The van der Waals surface area contributed by atoms with Gasteiger partial charge in [-0.2, -0.15) is 0 Å². The molecule has 1 amide bonds. The average Bonchev–Trinajstić information content (AvgIpc) is 3.11. The second-order valence-corrected chi connectivity index (χ2v) is 6.93. The van der Waals surface area contributed by atoms with E-state index in [0.29, 0.717) is 24.1 Å². The normalized spacial score (nSPS) is 15.3. The molecule has 0 saturated heterocycles. The maximum absolute atomic E-state index is 12.3. The highest BCUT2D eigenvalue weighted by Gasteiger charge is 2.19. The molecule has 0 spiro atoms. The topological polar surface area (TPSA) is 64.4 Å². The number of nitrogens with zero attached hydrogens (tertiary/aromatic N) is 1. The fraction of sp³-hybridized carbons (Fsp3) is 0.500. The van der Waals surface area contributed by atoms with Gasteiger partial charge in [-0.15, -0.1) is 0 Å². The Morgan fingerprint density at radius 3 is 2.88 bits per heavy atom. The standard InChI is InChI=1S/C20H26N2O3/c1-14(2)19-18(22-13-24-19)20(23)21-12-15-7-6-10-17(11-15)25-16-8-4-3-5-9-16/h6-7,10-11,13-14,16H,3-5,8-9,12H2,1-2H3,(H,21,23). The summed E-state index contributed by atoms with van der Waals surface area (Å²) in [6, 6.07) is 7.94. The Hall–Kier alpha value is -2.30. The SMILES string of the molecule is CC(C)c1ocnc1C(=O)NCc1cccc(OC2CCCCC2)c1. The molecule has 2 aromatic rings. The van der Waals surface area contributed by atoms with Crippen molar-refractivity contribution in [2.45, 2.75) is 64.5 Å². The summed E-state index contributed by atoms with van der Waals surface area (Å²) in [5.41, 5.74) is 1.38. The summed E-state index contributed by atoms with van der Waals surface area (Å²) in [4.78, 5) is 16.4. The van der Waals surface area contributed by atoms with Crippen LogP contribution in [0.2, 0.25) is 0 Å². The molecule has 1 aliphatic rings. The number of oxazole rings is 1. The van der Waals surface area contributed by atoms with Crippen LogP contribution < -0.4 is 10.1 Å². The van der Waals surface area contributed by atoms with E-state index in [0.717, 1.165) is 24.2 Å². The van der Waals surface area contributed by atoms with E-state index >= 15 is 0 Å². The number of carbonyl (C=O) groups excluding carboxylic acids is 1. The largest absolute Gasteiger partial charge is 0.490 e. The molecule has 1 fully saturated rings. The van der Waals surface area contributed by atoms with Crippen LogP contribution in [0.3, 0.4) is 0 Å². The summed E-state index contributed by atoms with van der Waals surface area (Å²) < 4.78 is 11.4. The van der Waals surface area contributed by atoms with Crippen molar-refractivity contribution in [1.29, 1.82) is 0 Å². The molecule has 25 heavy (non-hydrogen) atoms. The molecule has 0 radical (unpaired) electrons. The second kappa shape index (κ2) is 8.19. The molecule has 134 valence electrons. The lowest BCUT2D eigenvalue weighted by molar-refractivity contribution is 0.0944. The Bertz CT molecular complexity index is 702. The number of hydrogen-bond donors (Lipinski definition) is 1. The summed E-state index contributed by atoms with van der Waals surface area (Å²) in [6.45, 7) is 4.39. The monoisotopic (exact) mass is 342 g/mol. The zero-order valence-electron chi connectivity index (χ0n) is 15.0. The number of carbonyl (C=O) groups is 1. The van der Waals surface area contributed by atoms with E-state index in [1.807, 2.05) is 38.1 Å². The van der Waals surface area contributed by atoms with Gasteiger partial charge < -0.3 is 14.5 Å². The molecule has 1 aliphatic carbocycles. The molecule has 1 heterocycles. The fourth-order valence-electron chi connectivity index (χ4n) is 3.21. The van der Waals surface area contributed by atoms with Crippen molar-refractivity contribution >= 4 is 5.91 Å². The zero-order chi connectivity index (χ0) is 17.6. The third-order valence-electron chi connectivity index (χ3n) is 4.54. The Labute approximate surface area is 148 Å². The highest BCUT2D eigenvalue weighted by molar-refractivity contribution is 5.93. The first-order valence-corrected chi connectivity index (χ1v) is 9.10. The van der Waals surface area contributed by atoms with Gasteiger partial charge in [0.1, 0.15) is 11.5 Å². The van der Waals surface area contributed by atoms with Gasteiger partial charge in [-0.3, -0.25) is 4.79 Å². The summed E-state index contributed by atoms with van der Waals surface area (Å²) in [7, 11) is 0. The van der Waals surface area contributed by atoms with Gasteiger partial charge in [0.05, 0.1) is 6.10 Å². The van der Waals surface area contributed by atoms with Gasteiger partial charge in [0, 0.05) is 12.5 Å². The Morgan fingerprint density at radius 2 is 2.12 bits per heavy atom. The zero-order valence-corrected chi connectivity index (χ0v) is 15.0. The first kappa shape index (κ1) is 17.5. The number of rotatable bonds is 6. The van der Waals surface area contributed by atoms with Gasteiger partial charge in [0.15, 0.2) is 12.1 Å². The minimum Gasteiger partial charge on any atom is -0.490 e. The Morgan fingerprint density at radius 1 is 1.32 bits per heavy atom. The van der Waals surface area contributed by atoms with Crippen LogP contribution >= 0.6 is 0 Å². The van der Waals surface area contributed by atoms with E-state index in [-0.39, 0.29) is 11.8 Å². The molecule has 5 heteroatoms. The van der Waals surface area contributed by atoms with Crippen molar-refractivity contribution in [2.24, 2.45) is 0 Å². The maximum atomic E-state index is 12.3. The van der Waals surface area contributed by atoms with Crippen molar-refractivity contribution < 1.29 is 13.9 Å². The van der Waals surface area contributed by atoms with Crippen molar-refractivity contribution in [3.05, 3.63) is 47.7 Å². The van der Waals surface area contributed by atoms with E-state index in [2.05, 4.69) is 10.3 Å². The molecule has 5 nitrogen and oxygen atoms in total. The van der Waals surface area contributed by atoms with Gasteiger partial charge in [0.25, 0.3) is 5.91 Å². The van der Waals surface area contributed by atoms with Gasteiger partial charge in [-0.25, -0.2) is 4.98 Å². The third-order valence-corrected chi connectivity index (χ3v) is 4.54. The fourth-order valence-corrected chi connectivity index (χ4v) is 3.21. The van der Waals surface area contributed by atoms with Crippen LogP contribution in [-0.2, 0) is 6.54 Å². The van der Waals surface area contributed by atoms with Gasteiger partial charge in [0.2, 0.25) is 0 Å². The van der Waals surface area contributed by atoms with E-state index < -0.39 is 0 Å². The summed E-state index contributed by atoms with van der Waals surface area (Å²) in [5.74, 6) is 1.40. The van der Waals surface area contributed by atoms with Crippen LogP contribution in [-0.4, -0.2) is 17.0 Å². The molecular formula is C20H26N2O3. The van der Waals surface area contributed by atoms with E-state index in [4.69, 9.17) is 9.15 Å². The van der Waals surface area contributed by atoms with Gasteiger partial charge >= 0.3 is 0 Å². The smallest absolute Gasteiger partial charge is 0.273 e. The minimum absolute atomic E-state index is 0.121. The summed E-state index contributed by atoms with van der Waals surface area (Å²) >= 11 is 0. The Kier molecular flexibility index (Phi) is 5.74. The van der Waals surface area contributed by atoms with Crippen molar-refractivity contribution in [3.8, 4) is 5.75 Å². The van der Waals surface area contributed by atoms with E-state index in [9.17, 15) is 4.79 Å². The number of amides is 1. The molecule has 1 saturated carbocycles. The molecule has 0 unspecified atom stereocenters. The number of hydrogen-bond acceptors (Lipinski definition) is 4. The van der Waals surface area contributed by atoms with Crippen LogP contribution in [0.4, 0.5) is 0 Å². The van der Waals surface area contributed by atoms with Crippen LogP contribution in [0.25, 0.3) is 0 Å². The predicted octanol–water partition coefficient (Wildman–Crippen LogP) is 4.44. The van der Waals surface area contributed by atoms with Crippen molar-refractivity contribution in [1.82, 2.24) is 10.3 Å². The van der Waals surface area contributed by atoms with Crippen LogP contribution in [0, 0.1) is 0 Å². The number of ether oxygens (including phenoxy) is 1. The number of benzene rings is 1.